The summed E-state index contributed by atoms with van der Waals surface area (Å²) in [7, 11) is 0. The summed E-state index contributed by atoms with van der Waals surface area (Å²) >= 11 is 0. The summed E-state index contributed by atoms with van der Waals surface area (Å²) in [6, 6.07) is 0. The van der Waals surface area contributed by atoms with Gasteiger partial charge in [-0.15, -0.1) is 0 Å². The van der Waals surface area contributed by atoms with E-state index in [9.17, 15) is 4.79 Å². The molecule has 0 aromatic heterocycles. The monoisotopic (exact) mass is 85.1 g/mol. The van der Waals surface area contributed by atoms with E-state index in [0.29, 0.717) is 12.3 Å². The smallest absolute Gasteiger partial charge is 0.147 e. The number of rotatable bonds is 0. The fourth-order valence-electron chi connectivity index (χ4n) is 0.544. The Balaban J connectivity index is 2.37. The van der Waals surface area contributed by atoms with Gasteiger partial charge in [-0.3, -0.25) is 4.79 Å². The first kappa shape index (κ1) is 3.81. The highest BCUT2D eigenvalue weighted by atomic mass is 16.1. The maximum absolute atomic E-state index is 10.2. The van der Waals surface area contributed by atoms with Gasteiger partial charge < -0.3 is 5.32 Å². The second-order valence-electron chi connectivity index (χ2n) is 1.47. The van der Waals surface area contributed by atoms with Crippen molar-refractivity contribution in [3.63, 3.8) is 0 Å². The molecule has 0 bridgehead atoms. The van der Waals surface area contributed by atoms with Crippen LogP contribution < -0.4 is 5.32 Å². The van der Waals surface area contributed by atoms with Crippen LogP contribution in [0.25, 0.3) is 0 Å². The fourth-order valence-corrected chi connectivity index (χ4v) is 0.544. The van der Waals surface area contributed by atoms with Gasteiger partial charge in [0.15, 0.2) is 0 Å². The number of ketones is 1. The number of hydrogen-bond acceptors (Lipinski definition) is 2. The van der Waals surface area contributed by atoms with Crippen LogP contribution in [0.15, 0.2) is 0 Å². The molecule has 1 fully saturated rings. The summed E-state index contributed by atoms with van der Waals surface area (Å²) in [4.78, 5) is 10.2. The van der Waals surface area contributed by atoms with Crippen molar-refractivity contribution < 1.29 is 4.79 Å². The van der Waals surface area contributed by atoms with E-state index in [1.807, 2.05) is 0 Å². The largest absolute Gasteiger partial charge is 0.310 e. The van der Waals surface area contributed by atoms with Crippen molar-refractivity contribution in [3.8, 4) is 0 Å². The van der Waals surface area contributed by atoms with E-state index in [0.717, 1.165) is 13.0 Å². The first-order valence-electron chi connectivity index (χ1n) is 2.12. The zero-order valence-corrected chi connectivity index (χ0v) is 3.53. The predicted octanol–water partition coefficient (Wildman–Crippen LogP) is -0.451. The summed E-state index contributed by atoms with van der Waals surface area (Å²) in [6.07, 6.45) is 0.736. The van der Waals surface area contributed by atoms with Crippen LogP contribution in [0, 0.1) is 0 Å². The Bertz CT molecular complexity index is 61.9. The van der Waals surface area contributed by atoms with Gasteiger partial charge in [0, 0.05) is 13.0 Å². The van der Waals surface area contributed by atoms with Crippen molar-refractivity contribution in [2.75, 3.05) is 13.1 Å². The van der Waals surface area contributed by atoms with E-state index in [1.54, 1.807) is 0 Å². The third-order valence-corrected chi connectivity index (χ3v) is 0.903. The molecule has 1 aliphatic heterocycles. The topological polar surface area (TPSA) is 29.1 Å². The Morgan fingerprint density at radius 3 is 2.67 bits per heavy atom. The molecule has 0 spiro atoms. The Hall–Kier alpha value is -0.370. The molecule has 1 rings (SSSR count). The molecular weight excluding hydrogens is 78.0 g/mol. The summed E-state index contributed by atoms with van der Waals surface area (Å²) in [5.41, 5.74) is 0. The lowest BCUT2D eigenvalue weighted by Gasteiger charge is -1.75. The van der Waals surface area contributed by atoms with Crippen LogP contribution in [-0.4, -0.2) is 18.9 Å². The van der Waals surface area contributed by atoms with E-state index in [1.165, 1.54) is 0 Å². The zero-order valence-electron chi connectivity index (χ0n) is 3.53. The van der Waals surface area contributed by atoms with E-state index in [-0.39, 0.29) is 0 Å². The minimum atomic E-state index is 0.343. The summed E-state index contributed by atoms with van der Waals surface area (Å²) in [6.45, 7) is 1.48. The molecule has 0 amide bonds. The van der Waals surface area contributed by atoms with Gasteiger partial charge in [0.2, 0.25) is 0 Å². The van der Waals surface area contributed by atoms with E-state index in [2.05, 4.69) is 5.32 Å². The Morgan fingerprint density at radius 2 is 2.50 bits per heavy atom. The van der Waals surface area contributed by atoms with Gasteiger partial charge in [-0.05, 0) is 0 Å². The molecule has 0 aromatic carbocycles. The van der Waals surface area contributed by atoms with Crippen LogP contribution in [-0.2, 0) is 4.79 Å². The number of carbonyl (C=O) groups is 1. The number of nitrogens with one attached hydrogen (secondary N) is 1. The molecule has 2 nitrogen and oxygen atoms in total. The SMILES string of the molecule is O=C1CCN[12CH2]1. The summed E-state index contributed by atoms with van der Waals surface area (Å²) in [5.74, 6) is 0.343. The first-order valence-corrected chi connectivity index (χ1v) is 2.12. The van der Waals surface area contributed by atoms with Crippen molar-refractivity contribution in [2.24, 2.45) is 0 Å². The van der Waals surface area contributed by atoms with Crippen molar-refractivity contribution in [1.82, 2.24) is 5.32 Å². The van der Waals surface area contributed by atoms with Gasteiger partial charge in [0.1, 0.15) is 5.78 Å². The van der Waals surface area contributed by atoms with Gasteiger partial charge >= 0.3 is 0 Å². The molecule has 0 radical (unpaired) electrons. The standard InChI is InChI=1S/C4H7NO/c6-4-1-2-5-3-4/h5H,1-3H2/i3+0. The van der Waals surface area contributed by atoms with Crippen LogP contribution in [0.3, 0.4) is 0 Å². The molecule has 6 heavy (non-hydrogen) atoms. The molecule has 0 aromatic rings. The Kier molecular flexibility index (Phi) is 0.881. The third kappa shape index (κ3) is 0.571. The van der Waals surface area contributed by atoms with Gasteiger partial charge in [0.25, 0.3) is 0 Å². The molecule has 34 valence electrons. The minimum absolute atomic E-state index is 0.343. The lowest BCUT2D eigenvalue weighted by atomic mass is 10.4. The maximum Gasteiger partial charge on any atom is 0.147 e. The molecule has 0 saturated carbocycles. The van der Waals surface area contributed by atoms with Crippen molar-refractivity contribution >= 4 is 5.78 Å². The Labute approximate surface area is 36.5 Å². The van der Waals surface area contributed by atoms with Gasteiger partial charge in [0.05, 0.1) is 6.54 Å². The average molecular weight is 85.1 g/mol. The van der Waals surface area contributed by atoms with Crippen LogP contribution in [0.1, 0.15) is 6.42 Å². The lowest BCUT2D eigenvalue weighted by Crippen LogP contribution is -2.07. The molecule has 2 heteroatoms. The second kappa shape index (κ2) is 1.39. The first-order chi connectivity index (χ1) is 2.89. The summed E-state index contributed by atoms with van der Waals surface area (Å²) < 4.78 is 0. The summed E-state index contributed by atoms with van der Waals surface area (Å²) in [5, 5.41) is 2.92. The van der Waals surface area contributed by atoms with E-state index >= 15 is 0 Å². The second-order valence-corrected chi connectivity index (χ2v) is 1.47. The molecule has 1 saturated heterocycles. The number of hydrogen-bond donors (Lipinski definition) is 1. The van der Waals surface area contributed by atoms with Crippen LogP contribution in [0.2, 0.25) is 0 Å². The average Bonchev–Trinajstić information content (AvgIpc) is 1.86. The van der Waals surface area contributed by atoms with Crippen LogP contribution in [0.5, 0.6) is 0 Å². The van der Waals surface area contributed by atoms with Crippen molar-refractivity contribution in [1.29, 1.82) is 0 Å². The zero-order chi connectivity index (χ0) is 4.41. The quantitative estimate of drug-likeness (QED) is 0.431. The van der Waals surface area contributed by atoms with E-state index < -0.39 is 0 Å². The van der Waals surface area contributed by atoms with Gasteiger partial charge in [-0.25, -0.2) is 0 Å². The van der Waals surface area contributed by atoms with Gasteiger partial charge in [-0.2, -0.15) is 0 Å². The molecular formula is C4H7NO. The van der Waals surface area contributed by atoms with E-state index in [4.69, 9.17) is 0 Å². The lowest BCUT2D eigenvalue weighted by molar-refractivity contribution is -0.116. The Morgan fingerprint density at radius 1 is 1.67 bits per heavy atom. The fraction of sp³-hybridized carbons (Fsp3) is 0.750. The molecule has 1 aliphatic rings. The number of carbonyl (C=O) groups excluding carboxylic acids is 1. The normalized spacial score (nSPS) is 22.3. The highest BCUT2D eigenvalue weighted by Crippen LogP contribution is 1.85. The predicted molar refractivity (Wildman–Crippen MR) is 22.5 cm³/mol. The molecule has 0 atom stereocenters. The highest BCUT2D eigenvalue weighted by Gasteiger charge is 2.06. The van der Waals surface area contributed by atoms with Crippen molar-refractivity contribution in [3.05, 3.63) is 0 Å². The molecule has 0 unspecified atom stereocenters. The number of Topliss-reactive ketones (excluding diaryl/α,β-unsaturated/α-hetero) is 1. The van der Waals surface area contributed by atoms with Crippen LogP contribution in [0.4, 0.5) is 0 Å². The third-order valence-electron chi connectivity index (χ3n) is 0.903. The molecule has 1 heterocycles. The molecule has 1 N–H and O–H groups in total. The van der Waals surface area contributed by atoms with Crippen molar-refractivity contribution in [2.45, 2.75) is 6.42 Å². The van der Waals surface area contributed by atoms with Crippen LogP contribution >= 0.6 is 0 Å². The minimum Gasteiger partial charge on any atom is -0.310 e. The highest BCUT2D eigenvalue weighted by molar-refractivity contribution is 5.82. The molecule has 0 aliphatic carbocycles. The maximum atomic E-state index is 10.2. The van der Waals surface area contributed by atoms with Gasteiger partial charge in [-0.1, -0.05) is 0 Å².